The Hall–Kier alpha value is -2.41. The maximum Gasteiger partial charge on any atom is 0.334 e. The standard InChI is InChI=1S/C10H6ClN3O4/c11-8-5-9(15)13(10(16)12-8)6-2-1-3-7(4-6)14(17)18/h1-5H,(H,12,16). The predicted molar refractivity (Wildman–Crippen MR) is 64.3 cm³/mol. The van der Waals surface area contributed by atoms with E-state index in [1.807, 2.05) is 0 Å². The summed E-state index contributed by atoms with van der Waals surface area (Å²) < 4.78 is 0.763. The van der Waals surface area contributed by atoms with Crippen molar-refractivity contribution in [1.82, 2.24) is 9.55 Å². The highest BCUT2D eigenvalue weighted by Gasteiger charge is 2.10. The van der Waals surface area contributed by atoms with Gasteiger partial charge < -0.3 is 0 Å². The number of nitro groups is 1. The van der Waals surface area contributed by atoms with E-state index in [1.165, 1.54) is 18.2 Å². The molecule has 1 aromatic heterocycles. The van der Waals surface area contributed by atoms with Crippen molar-refractivity contribution < 1.29 is 4.92 Å². The van der Waals surface area contributed by atoms with Crippen LogP contribution in [0.5, 0.6) is 0 Å². The van der Waals surface area contributed by atoms with Crippen LogP contribution >= 0.6 is 11.6 Å². The normalized spacial score (nSPS) is 10.3. The average molecular weight is 268 g/mol. The molecule has 1 aromatic carbocycles. The zero-order valence-corrected chi connectivity index (χ0v) is 9.55. The van der Waals surface area contributed by atoms with E-state index in [-0.39, 0.29) is 16.5 Å². The minimum Gasteiger partial charge on any atom is -0.297 e. The molecule has 1 N–H and O–H groups in total. The molecule has 1 heterocycles. The zero-order chi connectivity index (χ0) is 13.3. The molecule has 0 saturated heterocycles. The third-order valence-corrected chi connectivity index (χ3v) is 2.40. The fourth-order valence-electron chi connectivity index (χ4n) is 1.46. The Morgan fingerprint density at radius 1 is 1.28 bits per heavy atom. The molecule has 0 spiro atoms. The maximum atomic E-state index is 11.6. The summed E-state index contributed by atoms with van der Waals surface area (Å²) in [6, 6.07) is 6.20. The summed E-state index contributed by atoms with van der Waals surface area (Å²) in [6.45, 7) is 0. The molecule has 0 aliphatic heterocycles. The quantitative estimate of drug-likeness (QED) is 0.500. The van der Waals surface area contributed by atoms with Crippen LogP contribution in [0.15, 0.2) is 39.9 Å². The second kappa shape index (κ2) is 4.46. The van der Waals surface area contributed by atoms with Crippen molar-refractivity contribution in [3.63, 3.8) is 0 Å². The fourth-order valence-corrected chi connectivity index (χ4v) is 1.63. The number of nitrogens with zero attached hydrogens (tertiary/aromatic N) is 2. The van der Waals surface area contributed by atoms with Gasteiger partial charge >= 0.3 is 5.69 Å². The molecule has 0 bridgehead atoms. The number of aromatic nitrogens is 2. The summed E-state index contributed by atoms with van der Waals surface area (Å²) in [5, 5.41) is 10.5. The predicted octanol–water partition coefficient (Wildman–Crippen LogP) is 1.09. The Bertz CT molecular complexity index is 703. The summed E-state index contributed by atoms with van der Waals surface area (Å²) in [5.74, 6) is 0. The number of hydrogen-bond acceptors (Lipinski definition) is 4. The third-order valence-electron chi connectivity index (χ3n) is 2.20. The molecule has 2 aromatic rings. The van der Waals surface area contributed by atoms with Gasteiger partial charge in [-0.05, 0) is 6.07 Å². The van der Waals surface area contributed by atoms with Gasteiger partial charge in [-0.15, -0.1) is 0 Å². The van der Waals surface area contributed by atoms with Gasteiger partial charge in [0.2, 0.25) is 0 Å². The Balaban J connectivity index is 2.70. The highest BCUT2D eigenvalue weighted by atomic mass is 35.5. The zero-order valence-electron chi connectivity index (χ0n) is 8.79. The van der Waals surface area contributed by atoms with E-state index in [9.17, 15) is 19.7 Å². The number of rotatable bonds is 2. The van der Waals surface area contributed by atoms with E-state index in [1.54, 1.807) is 0 Å². The lowest BCUT2D eigenvalue weighted by Gasteiger charge is -2.03. The number of non-ortho nitro benzene ring substituents is 1. The smallest absolute Gasteiger partial charge is 0.297 e. The first-order valence-corrected chi connectivity index (χ1v) is 5.13. The summed E-state index contributed by atoms with van der Waals surface area (Å²) >= 11 is 5.51. The minimum absolute atomic E-state index is 0.0910. The van der Waals surface area contributed by atoms with E-state index in [0.717, 1.165) is 16.7 Å². The Morgan fingerprint density at radius 3 is 2.61 bits per heavy atom. The van der Waals surface area contributed by atoms with Gasteiger partial charge in [0.05, 0.1) is 10.6 Å². The van der Waals surface area contributed by atoms with Gasteiger partial charge in [0.15, 0.2) is 0 Å². The molecule has 0 amide bonds. The molecule has 2 rings (SSSR count). The summed E-state index contributed by atoms with van der Waals surface area (Å²) in [6.07, 6.45) is 0. The molecule has 0 atom stereocenters. The van der Waals surface area contributed by atoms with Crippen LogP contribution in [-0.2, 0) is 0 Å². The summed E-state index contributed by atoms with van der Waals surface area (Å²) in [4.78, 5) is 35.5. The van der Waals surface area contributed by atoms with Gasteiger partial charge in [0.1, 0.15) is 5.15 Å². The Morgan fingerprint density at radius 2 is 2.00 bits per heavy atom. The van der Waals surface area contributed by atoms with Crippen molar-refractivity contribution in [2.24, 2.45) is 0 Å². The number of nitro benzene ring substituents is 1. The van der Waals surface area contributed by atoms with Crippen molar-refractivity contribution >= 4 is 17.3 Å². The van der Waals surface area contributed by atoms with E-state index >= 15 is 0 Å². The van der Waals surface area contributed by atoms with Gasteiger partial charge in [-0.1, -0.05) is 17.7 Å². The monoisotopic (exact) mass is 267 g/mol. The minimum atomic E-state index is -0.756. The average Bonchev–Trinajstić information content (AvgIpc) is 2.28. The molecular weight excluding hydrogens is 262 g/mol. The fraction of sp³-hybridized carbons (Fsp3) is 0. The van der Waals surface area contributed by atoms with Crippen LogP contribution in [0.4, 0.5) is 5.69 Å². The Kier molecular flexibility index (Phi) is 2.99. The van der Waals surface area contributed by atoms with Crippen LogP contribution in [-0.4, -0.2) is 14.5 Å². The van der Waals surface area contributed by atoms with Crippen LogP contribution in [0.3, 0.4) is 0 Å². The lowest BCUT2D eigenvalue weighted by Crippen LogP contribution is -2.32. The van der Waals surface area contributed by atoms with Gasteiger partial charge in [0.25, 0.3) is 11.2 Å². The first kappa shape index (κ1) is 12.1. The van der Waals surface area contributed by atoms with Crippen molar-refractivity contribution in [2.75, 3.05) is 0 Å². The number of aromatic amines is 1. The van der Waals surface area contributed by atoms with Crippen LogP contribution in [0.2, 0.25) is 5.15 Å². The molecule has 7 nitrogen and oxygen atoms in total. The number of halogens is 1. The van der Waals surface area contributed by atoms with Gasteiger partial charge in [0, 0.05) is 18.2 Å². The second-order valence-electron chi connectivity index (χ2n) is 3.37. The molecule has 8 heteroatoms. The number of hydrogen-bond donors (Lipinski definition) is 1. The first-order valence-electron chi connectivity index (χ1n) is 4.76. The SMILES string of the molecule is O=c1cc(Cl)[nH]c(=O)n1-c1cccc([N+](=O)[O-])c1. The van der Waals surface area contributed by atoms with E-state index in [4.69, 9.17) is 11.6 Å². The molecule has 0 radical (unpaired) electrons. The van der Waals surface area contributed by atoms with Crippen LogP contribution in [0.25, 0.3) is 5.69 Å². The van der Waals surface area contributed by atoms with Gasteiger partial charge in [-0.25, -0.2) is 9.36 Å². The molecule has 0 aliphatic carbocycles. The van der Waals surface area contributed by atoms with Crippen molar-refractivity contribution in [1.29, 1.82) is 0 Å². The maximum absolute atomic E-state index is 11.6. The highest BCUT2D eigenvalue weighted by molar-refractivity contribution is 6.29. The van der Waals surface area contributed by atoms with Crippen molar-refractivity contribution in [2.45, 2.75) is 0 Å². The summed E-state index contributed by atoms with van der Waals surface area (Å²) in [5.41, 5.74) is -1.53. The number of benzene rings is 1. The van der Waals surface area contributed by atoms with E-state index in [0.29, 0.717) is 0 Å². The molecule has 0 fully saturated rings. The van der Waals surface area contributed by atoms with E-state index < -0.39 is 16.2 Å². The molecular formula is C10H6ClN3O4. The lowest BCUT2D eigenvalue weighted by atomic mass is 10.3. The lowest BCUT2D eigenvalue weighted by molar-refractivity contribution is -0.384. The second-order valence-corrected chi connectivity index (χ2v) is 3.78. The van der Waals surface area contributed by atoms with Gasteiger partial charge in [-0.3, -0.25) is 19.9 Å². The van der Waals surface area contributed by atoms with E-state index in [2.05, 4.69) is 4.98 Å². The highest BCUT2D eigenvalue weighted by Crippen LogP contribution is 2.14. The first-order chi connectivity index (χ1) is 8.49. The molecule has 18 heavy (non-hydrogen) atoms. The largest absolute Gasteiger partial charge is 0.334 e. The topological polar surface area (TPSA) is 98.0 Å². The molecule has 0 unspecified atom stereocenters. The van der Waals surface area contributed by atoms with Crippen molar-refractivity contribution in [3.8, 4) is 5.69 Å². The van der Waals surface area contributed by atoms with Crippen LogP contribution < -0.4 is 11.2 Å². The molecule has 0 aliphatic rings. The number of nitrogens with one attached hydrogen (secondary N) is 1. The number of H-pyrrole nitrogens is 1. The van der Waals surface area contributed by atoms with Crippen LogP contribution in [0, 0.1) is 10.1 Å². The molecule has 0 saturated carbocycles. The van der Waals surface area contributed by atoms with Crippen molar-refractivity contribution in [3.05, 3.63) is 66.4 Å². The molecule has 92 valence electrons. The van der Waals surface area contributed by atoms with Gasteiger partial charge in [-0.2, -0.15) is 0 Å². The Labute approximate surface area is 104 Å². The summed E-state index contributed by atoms with van der Waals surface area (Å²) in [7, 11) is 0. The third kappa shape index (κ3) is 2.16. The van der Waals surface area contributed by atoms with Crippen LogP contribution in [0.1, 0.15) is 0 Å².